The molecule has 0 saturated carbocycles. The fourth-order valence-electron chi connectivity index (χ4n) is 5.04. The summed E-state index contributed by atoms with van der Waals surface area (Å²) in [6, 6.07) is 22.2. The highest BCUT2D eigenvalue weighted by Gasteiger charge is 2.31. The molecular formula is C28H32ClN5O. The van der Waals surface area contributed by atoms with Crippen LogP contribution >= 0.6 is 11.6 Å². The van der Waals surface area contributed by atoms with E-state index in [0.717, 1.165) is 75.6 Å². The first-order chi connectivity index (χ1) is 17.2. The number of carbonyl (C=O) groups is 1. The van der Waals surface area contributed by atoms with Crippen LogP contribution in [0.1, 0.15) is 18.4 Å². The first-order valence-electron chi connectivity index (χ1n) is 12.6. The molecule has 3 heterocycles. The molecule has 2 aliphatic rings. The number of rotatable bonds is 6. The van der Waals surface area contributed by atoms with Crippen molar-refractivity contribution in [3.05, 3.63) is 77.3 Å². The molecule has 0 bridgehead atoms. The number of piperidine rings is 1. The van der Waals surface area contributed by atoms with E-state index in [1.54, 1.807) is 0 Å². The van der Waals surface area contributed by atoms with Crippen LogP contribution < -0.4 is 4.90 Å². The summed E-state index contributed by atoms with van der Waals surface area (Å²) < 4.78 is 0. The summed E-state index contributed by atoms with van der Waals surface area (Å²) in [6.45, 7) is 6.21. The molecular weight excluding hydrogens is 458 g/mol. The van der Waals surface area contributed by atoms with E-state index in [2.05, 4.69) is 55.2 Å². The Bertz CT molecular complexity index is 1100. The standard InChI is InChI=1S/C28H32ClN5O/c29-25-10-8-23(9-11-25)26-12-13-27(31-30-26)34-15-4-7-24(21-34)28(35)33-19-17-32(18-20-33)16-14-22-5-2-1-3-6-22/h1-3,5-6,8-13,24H,4,7,14-21H2/t24-/m0/s1. The molecule has 0 N–H and O–H groups in total. The molecule has 35 heavy (non-hydrogen) atoms. The second-order valence-corrected chi connectivity index (χ2v) is 9.91. The minimum atomic E-state index is 0.0253. The average Bonchev–Trinajstić information content (AvgIpc) is 2.93. The molecule has 2 aromatic carbocycles. The number of amides is 1. The van der Waals surface area contributed by atoms with Crippen molar-refractivity contribution >= 4 is 23.3 Å². The number of carbonyl (C=O) groups excluding carboxylic acids is 1. The molecule has 1 atom stereocenters. The summed E-state index contributed by atoms with van der Waals surface area (Å²) in [5.41, 5.74) is 3.18. The van der Waals surface area contributed by atoms with Gasteiger partial charge in [-0.2, -0.15) is 0 Å². The van der Waals surface area contributed by atoms with Crippen molar-refractivity contribution < 1.29 is 4.79 Å². The lowest BCUT2D eigenvalue weighted by Crippen LogP contribution is -2.52. The van der Waals surface area contributed by atoms with Crippen LogP contribution in [-0.4, -0.2) is 71.7 Å². The highest BCUT2D eigenvalue weighted by molar-refractivity contribution is 6.30. The highest BCUT2D eigenvalue weighted by atomic mass is 35.5. The number of hydrogen-bond acceptors (Lipinski definition) is 5. The van der Waals surface area contributed by atoms with Gasteiger partial charge in [-0.1, -0.05) is 54.1 Å². The van der Waals surface area contributed by atoms with E-state index in [4.69, 9.17) is 11.6 Å². The lowest BCUT2D eigenvalue weighted by atomic mass is 9.96. The predicted molar refractivity (Wildman–Crippen MR) is 141 cm³/mol. The van der Waals surface area contributed by atoms with Crippen LogP contribution in [-0.2, 0) is 11.2 Å². The number of benzene rings is 2. The molecule has 1 aromatic heterocycles. The smallest absolute Gasteiger partial charge is 0.227 e. The van der Waals surface area contributed by atoms with E-state index in [0.29, 0.717) is 17.5 Å². The fourth-order valence-corrected chi connectivity index (χ4v) is 5.16. The monoisotopic (exact) mass is 489 g/mol. The van der Waals surface area contributed by atoms with Crippen molar-refractivity contribution in [1.29, 1.82) is 0 Å². The van der Waals surface area contributed by atoms with Crippen molar-refractivity contribution in [2.75, 3.05) is 50.7 Å². The molecule has 2 aliphatic heterocycles. The SMILES string of the molecule is O=C([C@H]1CCCN(c2ccc(-c3ccc(Cl)cc3)nn2)C1)N1CCN(CCc2ccccc2)CC1. The second kappa shape index (κ2) is 11.2. The van der Waals surface area contributed by atoms with Crippen LogP contribution in [0.25, 0.3) is 11.3 Å². The first kappa shape index (κ1) is 23.8. The molecule has 6 nitrogen and oxygen atoms in total. The van der Waals surface area contributed by atoms with Crippen molar-refractivity contribution in [2.24, 2.45) is 5.92 Å². The third-order valence-electron chi connectivity index (χ3n) is 7.13. The van der Waals surface area contributed by atoms with Crippen molar-refractivity contribution in [1.82, 2.24) is 20.0 Å². The van der Waals surface area contributed by atoms with Gasteiger partial charge in [0.1, 0.15) is 0 Å². The average molecular weight is 490 g/mol. The van der Waals surface area contributed by atoms with E-state index < -0.39 is 0 Å². The van der Waals surface area contributed by atoms with E-state index in [1.807, 2.05) is 36.4 Å². The molecule has 2 fully saturated rings. The molecule has 7 heteroatoms. The maximum atomic E-state index is 13.3. The Morgan fingerprint density at radius 3 is 2.37 bits per heavy atom. The summed E-state index contributed by atoms with van der Waals surface area (Å²) >= 11 is 5.99. The number of nitrogens with zero attached hydrogens (tertiary/aromatic N) is 5. The van der Waals surface area contributed by atoms with Crippen LogP contribution in [0.3, 0.4) is 0 Å². The van der Waals surface area contributed by atoms with E-state index in [1.165, 1.54) is 5.56 Å². The predicted octanol–water partition coefficient (Wildman–Crippen LogP) is 4.40. The number of hydrogen-bond donors (Lipinski definition) is 0. The quantitative estimate of drug-likeness (QED) is 0.513. The molecule has 182 valence electrons. The lowest BCUT2D eigenvalue weighted by molar-refractivity contribution is -0.137. The largest absolute Gasteiger partial charge is 0.354 e. The molecule has 0 spiro atoms. The maximum absolute atomic E-state index is 13.3. The van der Waals surface area contributed by atoms with Gasteiger partial charge >= 0.3 is 0 Å². The Morgan fingerprint density at radius 2 is 1.66 bits per heavy atom. The lowest BCUT2D eigenvalue weighted by Gasteiger charge is -2.39. The minimum absolute atomic E-state index is 0.0253. The Kier molecular flexibility index (Phi) is 7.60. The second-order valence-electron chi connectivity index (χ2n) is 9.47. The van der Waals surface area contributed by atoms with Crippen LogP contribution in [0.15, 0.2) is 66.7 Å². The van der Waals surface area contributed by atoms with Crippen LogP contribution in [0, 0.1) is 5.92 Å². The fraction of sp³-hybridized carbons (Fsp3) is 0.393. The van der Waals surface area contributed by atoms with Gasteiger partial charge in [0, 0.05) is 56.4 Å². The Balaban J connectivity index is 1.13. The Hall–Kier alpha value is -2.96. The molecule has 5 rings (SSSR count). The number of anilines is 1. The van der Waals surface area contributed by atoms with Crippen molar-refractivity contribution in [3.8, 4) is 11.3 Å². The van der Waals surface area contributed by atoms with Crippen LogP contribution in [0.4, 0.5) is 5.82 Å². The Morgan fingerprint density at radius 1 is 0.886 bits per heavy atom. The molecule has 2 saturated heterocycles. The third-order valence-corrected chi connectivity index (χ3v) is 7.38. The minimum Gasteiger partial charge on any atom is -0.354 e. The zero-order valence-corrected chi connectivity index (χ0v) is 20.8. The zero-order chi connectivity index (χ0) is 24.0. The van der Waals surface area contributed by atoms with E-state index in [-0.39, 0.29) is 5.92 Å². The van der Waals surface area contributed by atoms with Crippen molar-refractivity contribution in [3.63, 3.8) is 0 Å². The first-order valence-corrected chi connectivity index (χ1v) is 12.9. The number of piperazine rings is 1. The topological polar surface area (TPSA) is 52.6 Å². The van der Waals surface area contributed by atoms with Gasteiger partial charge in [-0.05, 0) is 49.1 Å². The van der Waals surface area contributed by atoms with Gasteiger partial charge in [-0.15, -0.1) is 10.2 Å². The molecule has 0 radical (unpaired) electrons. The van der Waals surface area contributed by atoms with Gasteiger partial charge in [-0.3, -0.25) is 9.69 Å². The maximum Gasteiger partial charge on any atom is 0.227 e. The molecule has 1 amide bonds. The molecule has 0 aliphatic carbocycles. The number of halogens is 1. The van der Waals surface area contributed by atoms with E-state index in [9.17, 15) is 4.79 Å². The van der Waals surface area contributed by atoms with Gasteiger partial charge in [0.2, 0.25) is 5.91 Å². The third kappa shape index (κ3) is 6.00. The van der Waals surface area contributed by atoms with Gasteiger partial charge < -0.3 is 9.80 Å². The van der Waals surface area contributed by atoms with Gasteiger partial charge in [0.15, 0.2) is 5.82 Å². The highest BCUT2D eigenvalue weighted by Crippen LogP contribution is 2.25. The summed E-state index contributed by atoms with van der Waals surface area (Å²) in [5, 5.41) is 9.60. The summed E-state index contributed by atoms with van der Waals surface area (Å²) in [7, 11) is 0. The number of aromatic nitrogens is 2. The van der Waals surface area contributed by atoms with Gasteiger partial charge in [0.25, 0.3) is 0 Å². The van der Waals surface area contributed by atoms with Gasteiger partial charge in [0.05, 0.1) is 11.6 Å². The molecule has 3 aromatic rings. The van der Waals surface area contributed by atoms with Crippen LogP contribution in [0.2, 0.25) is 5.02 Å². The summed E-state index contributed by atoms with van der Waals surface area (Å²) in [6.07, 6.45) is 3.00. The van der Waals surface area contributed by atoms with Crippen LogP contribution in [0.5, 0.6) is 0 Å². The van der Waals surface area contributed by atoms with Gasteiger partial charge in [-0.25, -0.2) is 0 Å². The van der Waals surface area contributed by atoms with Crippen molar-refractivity contribution in [2.45, 2.75) is 19.3 Å². The zero-order valence-electron chi connectivity index (χ0n) is 20.0. The summed E-state index contributed by atoms with van der Waals surface area (Å²) in [5.74, 6) is 1.16. The van der Waals surface area contributed by atoms with E-state index >= 15 is 0 Å². The normalized spacial score (nSPS) is 19.1. The Labute approximate surface area is 212 Å². The summed E-state index contributed by atoms with van der Waals surface area (Å²) in [4.78, 5) is 20.1. The molecule has 0 unspecified atom stereocenters.